The van der Waals surface area contributed by atoms with Crippen molar-refractivity contribution >= 4 is 17.4 Å². The summed E-state index contributed by atoms with van der Waals surface area (Å²) in [6.07, 6.45) is 0.792. The Bertz CT molecular complexity index is 308. The van der Waals surface area contributed by atoms with Gasteiger partial charge < -0.3 is 0 Å². The molecule has 0 fully saturated rings. The maximum atomic E-state index is 10.8. The third kappa shape index (κ3) is 2.28. The molecule has 0 radical (unpaired) electrons. The molecule has 0 spiro atoms. The number of alkyl halides is 1. The first-order valence-corrected chi connectivity index (χ1v) is 4.69. The van der Waals surface area contributed by atoms with Crippen LogP contribution in [0.2, 0.25) is 0 Å². The summed E-state index contributed by atoms with van der Waals surface area (Å²) in [5.74, 6) is 0.405. The summed E-state index contributed by atoms with van der Waals surface area (Å²) in [5, 5.41) is 7.79. The summed E-state index contributed by atoms with van der Waals surface area (Å²) in [7, 11) is 0. The Kier molecular flexibility index (Phi) is 3.42. The van der Waals surface area contributed by atoms with Crippen molar-refractivity contribution in [3.05, 3.63) is 11.4 Å². The second-order valence-corrected chi connectivity index (χ2v) is 3.10. The van der Waals surface area contributed by atoms with Crippen LogP contribution in [0.1, 0.15) is 25.2 Å². The summed E-state index contributed by atoms with van der Waals surface area (Å²) in [6, 6.07) is 0. The van der Waals surface area contributed by atoms with E-state index in [4.69, 9.17) is 11.6 Å². The van der Waals surface area contributed by atoms with E-state index in [1.54, 1.807) is 4.68 Å². The molecule has 0 aliphatic rings. The van der Waals surface area contributed by atoms with Crippen LogP contribution in [-0.4, -0.2) is 20.8 Å². The summed E-state index contributed by atoms with van der Waals surface area (Å²) < 4.78 is 1.56. The summed E-state index contributed by atoms with van der Waals surface area (Å²) in [4.78, 5) is 10.8. The number of nitrogens with zero attached hydrogens (tertiary/aromatic N) is 3. The molecule has 0 unspecified atom stereocenters. The van der Waals surface area contributed by atoms with Gasteiger partial charge in [0.15, 0.2) is 5.78 Å². The normalized spacial score (nSPS) is 10.4. The molecular weight excluding hydrogens is 190 g/mol. The van der Waals surface area contributed by atoms with Crippen molar-refractivity contribution in [2.75, 3.05) is 0 Å². The van der Waals surface area contributed by atoms with Crippen molar-refractivity contribution in [2.24, 2.45) is 0 Å². The maximum absolute atomic E-state index is 10.8. The molecule has 1 aromatic heterocycles. The summed E-state index contributed by atoms with van der Waals surface area (Å²) >= 11 is 5.73. The third-order valence-electron chi connectivity index (χ3n) is 1.75. The minimum Gasteiger partial charge on any atom is -0.298 e. The van der Waals surface area contributed by atoms with Crippen LogP contribution in [0.4, 0.5) is 0 Å². The van der Waals surface area contributed by atoms with Crippen LogP contribution in [-0.2, 0) is 23.6 Å². The van der Waals surface area contributed by atoms with Gasteiger partial charge in [-0.25, -0.2) is 4.68 Å². The number of aryl methyl sites for hydroxylation is 1. The van der Waals surface area contributed by atoms with Crippen LogP contribution in [0, 0.1) is 0 Å². The van der Waals surface area contributed by atoms with E-state index in [0.717, 1.165) is 17.8 Å². The van der Waals surface area contributed by atoms with E-state index in [1.807, 2.05) is 6.92 Å². The lowest BCUT2D eigenvalue weighted by Crippen LogP contribution is -2.10. The minimum atomic E-state index is 0.0546. The maximum Gasteiger partial charge on any atom is 0.151 e. The van der Waals surface area contributed by atoms with E-state index in [2.05, 4.69) is 10.3 Å². The second kappa shape index (κ2) is 4.37. The topological polar surface area (TPSA) is 47.8 Å². The van der Waals surface area contributed by atoms with Gasteiger partial charge in [-0.05, 0) is 13.3 Å². The lowest BCUT2D eigenvalue weighted by molar-refractivity contribution is -0.117. The Morgan fingerprint density at radius 1 is 1.62 bits per heavy atom. The van der Waals surface area contributed by atoms with Gasteiger partial charge in [0.05, 0.1) is 17.3 Å². The average Bonchev–Trinajstić information content (AvgIpc) is 2.45. The number of rotatable bonds is 4. The molecule has 1 heterocycles. The number of halogens is 1. The lowest BCUT2D eigenvalue weighted by Gasteiger charge is -2.00. The molecule has 0 saturated carbocycles. The fourth-order valence-corrected chi connectivity index (χ4v) is 1.42. The standard InChI is InChI=1S/C8H12ClN3O/c1-3-7-8(4-9)12(11-10-7)5-6(2)13/h3-5H2,1-2H3. The molecule has 0 bridgehead atoms. The Morgan fingerprint density at radius 2 is 2.31 bits per heavy atom. The quantitative estimate of drug-likeness (QED) is 0.688. The molecule has 0 aliphatic carbocycles. The van der Waals surface area contributed by atoms with Gasteiger partial charge in [-0.1, -0.05) is 12.1 Å². The molecule has 0 aliphatic heterocycles. The van der Waals surface area contributed by atoms with Crippen LogP contribution in [0.3, 0.4) is 0 Å². The van der Waals surface area contributed by atoms with Crippen molar-refractivity contribution in [2.45, 2.75) is 32.7 Å². The van der Waals surface area contributed by atoms with E-state index in [1.165, 1.54) is 6.92 Å². The molecule has 0 saturated heterocycles. The molecule has 0 atom stereocenters. The van der Waals surface area contributed by atoms with Crippen LogP contribution in [0.15, 0.2) is 0 Å². The number of carbonyl (C=O) groups is 1. The Morgan fingerprint density at radius 3 is 2.77 bits per heavy atom. The Labute approximate surface area is 81.9 Å². The predicted octanol–water partition coefficient (Wildman–Crippen LogP) is 1.17. The highest BCUT2D eigenvalue weighted by atomic mass is 35.5. The predicted molar refractivity (Wildman–Crippen MR) is 49.6 cm³/mol. The zero-order chi connectivity index (χ0) is 9.84. The largest absolute Gasteiger partial charge is 0.298 e. The molecule has 1 aromatic rings. The molecule has 72 valence electrons. The zero-order valence-electron chi connectivity index (χ0n) is 7.75. The number of ketones is 1. The van der Waals surface area contributed by atoms with E-state index < -0.39 is 0 Å². The summed E-state index contributed by atoms with van der Waals surface area (Å²) in [5.41, 5.74) is 1.72. The fraction of sp³-hybridized carbons (Fsp3) is 0.625. The highest BCUT2D eigenvalue weighted by Crippen LogP contribution is 2.09. The number of hydrogen-bond donors (Lipinski definition) is 0. The Balaban J connectivity index is 2.93. The smallest absolute Gasteiger partial charge is 0.151 e. The van der Waals surface area contributed by atoms with Crippen LogP contribution < -0.4 is 0 Å². The van der Waals surface area contributed by atoms with Gasteiger partial charge in [-0.15, -0.1) is 16.7 Å². The van der Waals surface area contributed by atoms with Crippen molar-refractivity contribution in [1.82, 2.24) is 15.0 Å². The van der Waals surface area contributed by atoms with Gasteiger partial charge in [0.2, 0.25) is 0 Å². The number of carbonyl (C=O) groups excluding carboxylic acids is 1. The lowest BCUT2D eigenvalue weighted by atomic mass is 10.3. The number of aromatic nitrogens is 3. The monoisotopic (exact) mass is 201 g/mol. The third-order valence-corrected chi connectivity index (χ3v) is 2.01. The average molecular weight is 202 g/mol. The molecule has 5 heteroatoms. The first kappa shape index (κ1) is 10.2. The van der Waals surface area contributed by atoms with Gasteiger partial charge in [-0.3, -0.25) is 4.79 Å². The van der Waals surface area contributed by atoms with Crippen LogP contribution >= 0.6 is 11.6 Å². The van der Waals surface area contributed by atoms with Crippen molar-refractivity contribution < 1.29 is 4.79 Å². The fourth-order valence-electron chi connectivity index (χ4n) is 1.13. The molecule has 1 rings (SSSR count). The molecule has 0 amide bonds. The highest BCUT2D eigenvalue weighted by molar-refractivity contribution is 6.17. The first-order valence-electron chi connectivity index (χ1n) is 4.15. The second-order valence-electron chi connectivity index (χ2n) is 2.83. The Hall–Kier alpha value is -0.900. The highest BCUT2D eigenvalue weighted by Gasteiger charge is 2.10. The number of hydrogen-bond acceptors (Lipinski definition) is 3. The van der Waals surface area contributed by atoms with Gasteiger partial charge in [0, 0.05) is 0 Å². The molecule has 13 heavy (non-hydrogen) atoms. The minimum absolute atomic E-state index is 0.0546. The van der Waals surface area contributed by atoms with Crippen molar-refractivity contribution in [3.8, 4) is 0 Å². The van der Waals surface area contributed by atoms with Crippen LogP contribution in [0.25, 0.3) is 0 Å². The molecule has 4 nitrogen and oxygen atoms in total. The molecule has 0 aromatic carbocycles. The van der Waals surface area contributed by atoms with Gasteiger partial charge in [0.25, 0.3) is 0 Å². The first-order chi connectivity index (χ1) is 6.19. The zero-order valence-corrected chi connectivity index (χ0v) is 8.51. The van der Waals surface area contributed by atoms with Gasteiger partial charge in [0.1, 0.15) is 6.54 Å². The van der Waals surface area contributed by atoms with Gasteiger partial charge in [-0.2, -0.15) is 0 Å². The number of Topliss-reactive ketones (excluding diaryl/α,β-unsaturated/α-hetero) is 1. The van der Waals surface area contributed by atoms with E-state index in [9.17, 15) is 4.79 Å². The molecular formula is C8H12ClN3O. The van der Waals surface area contributed by atoms with E-state index in [0.29, 0.717) is 5.88 Å². The van der Waals surface area contributed by atoms with Crippen molar-refractivity contribution in [1.29, 1.82) is 0 Å². The summed E-state index contributed by atoms with van der Waals surface area (Å²) in [6.45, 7) is 3.76. The van der Waals surface area contributed by atoms with E-state index >= 15 is 0 Å². The van der Waals surface area contributed by atoms with E-state index in [-0.39, 0.29) is 12.3 Å². The van der Waals surface area contributed by atoms with Crippen molar-refractivity contribution in [3.63, 3.8) is 0 Å². The molecule has 0 N–H and O–H groups in total. The van der Waals surface area contributed by atoms with Crippen LogP contribution in [0.5, 0.6) is 0 Å². The SMILES string of the molecule is CCc1nnn(CC(C)=O)c1CCl. The van der Waals surface area contributed by atoms with Gasteiger partial charge >= 0.3 is 0 Å².